The molecule has 0 bridgehead atoms. The second kappa shape index (κ2) is 8.86. The van der Waals surface area contributed by atoms with E-state index in [2.05, 4.69) is 22.2 Å². The number of methoxy groups -OCH3 is 1. The molecule has 24 heavy (non-hydrogen) atoms. The topological polar surface area (TPSA) is 67.4 Å². The van der Waals surface area contributed by atoms with Gasteiger partial charge in [-0.15, -0.1) is 0 Å². The molecule has 0 unspecified atom stereocenters. The van der Waals surface area contributed by atoms with E-state index in [0.29, 0.717) is 12.2 Å². The molecule has 0 aliphatic heterocycles. The highest BCUT2D eigenvalue weighted by Gasteiger charge is 2.10. The predicted octanol–water partition coefficient (Wildman–Crippen LogP) is 2.65. The number of anilines is 1. The highest BCUT2D eigenvalue weighted by Crippen LogP contribution is 2.12. The number of nitrogens with one attached hydrogen (secondary N) is 1. The predicted molar refractivity (Wildman–Crippen MR) is 94.4 cm³/mol. The van der Waals surface area contributed by atoms with Crippen LogP contribution in [0.25, 0.3) is 0 Å². The zero-order valence-electron chi connectivity index (χ0n) is 14.5. The maximum absolute atomic E-state index is 12.3. The number of amides is 1. The molecular weight excluding hydrogens is 304 g/mol. The van der Waals surface area contributed by atoms with Crippen LogP contribution in [0.5, 0.6) is 5.75 Å². The first kappa shape index (κ1) is 17.7. The van der Waals surface area contributed by atoms with Crippen LogP contribution >= 0.6 is 0 Å². The lowest BCUT2D eigenvalue weighted by Crippen LogP contribution is -2.25. The average Bonchev–Trinajstić information content (AvgIpc) is 2.64. The normalized spacial score (nSPS) is 10.3. The van der Waals surface area contributed by atoms with Crippen molar-refractivity contribution in [1.29, 1.82) is 0 Å². The number of nitrogens with zero attached hydrogens (tertiary/aromatic N) is 3. The van der Waals surface area contributed by atoms with Gasteiger partial charge in [0.1, 0.15) is 23.6 Å². The Hall–Kier alpha value is -2.63. The Morgan fingerprint density at radius 2 is 2.00 bits per heavy atom. The summed E-state index contributed by atoms with van der Waals surface area (Å²) in [6.07, 6.45) is 3.63. The first-order valence-corrected chi connectivity index (χ1v) is 8.08. The van der Waals surface area contributed by atoms with Gasteiger partial charge in [-0.25, -0.2) is 9.97 Å². The molecule has 0 fully saturated rings. The Morgan fingerprint density at radius 3 is 2.67 bits per heavy atom. The molecule has 1 aromatic carbocycles. The van der Waals surface area contributed by atoms with Gasteiger partial charge in [0.15, 0.2) is 0 Å². The Morgan fingerprint density at radius 1 is 1.25 bits per heavy atom. The first-order chi connectivity index (χ1) is 11.6. The van der Waals surface area contributed by atoms with Crippen LogP contribution in [-0.2, 0) is 6.54 Å². The summed E-state index contributed by atoms with van der Waals surface area (Å²) in [5.74, 6) is 1.34. The summed E-state index contributed by atoms with van der Waals surface area (Å²) >= 11 is 0. The smallest absolute Gasteiger partial charge is 0.270 e. The number of aromatic nitrogens is 2. The van der Waals surface area contributed by atoms with Crippen LogP contribution < -0.4 is 15.0 Å². The minimum atomic E-state index is -0.210. The number of carbonyl (C=O) groups excluding carboxylic acids is 1. The zero-order chi connectivity index (χ0) is 17.4. The number of hydrogen-bond acceptors (Lipinski definition) is 5. The monoisotopic (exact) mass is 328 g/mol. The average molecular weight is 328 g/mol. The molecule has 1 N–H and O–H groups in total. The fraction of sp³-hybridized carbons (Fsp3) is 0.389. The van der Waals surface area contributed by atoms with Crippen LogP contribution in [0.15, 0.2) is 36.7 Å². The Kier molecular flexibility index (Phi) is 6.54. The molecule has 2 rings (SSSR count). The minimum absolute atomic E-state index is 0.210. The number of benzene rings is 1. The number of rotatable bonds is 8. The molecule has 0 aliphatic carbocycles. The van der Waals surface area contributed by atoms with E-state index in [4.69, 9.17) is 4.74 Å². The summed E-state index contributed by atoms with van der Waals surface area (Å²) in [4.78, 5) is 22.6. The molecule has 1 aromatic heterocycles. The summed E-state index contributed by atoms with van der Waals surface area (Å²) in [6, 6.07) is 9.30. The maximum atomic E-state index is 12.3. The van der Waals surface area contributed by atoms with Crippen LogP contribution in [0.4, 0.5) is 5.82 Å². The Balaban J connectivity index is 1.96. The second-order valence-corrected chi connectivity index (χ2v) is 5.57. The molecule has 0 radical (unpaired) electrons. The van der Waals surface area contributed by atoms with Gasteiger partial charge in [-0.05, 0) is 24.1 Å². The SMILES string of the molecule is CCCCN(C)c1cc(C(=O)NCc2ccc(OC)cc2)ncn1. The van der Waals surface area contributed by atoms with Gasteiger partial charge in [-0.2, -0.15) is 0 Å². The fourth-order valence-corrected chi connectivity index (χ4v) is 2.21. The van der Waals surface area contributed by atoms with Gasteiger partial charge in [0, 0.05) is 26.2 Å². The summed E-state index contributed by atoms with van der Waals surface area (Å²) in [5, 5.41) is 2.87. The molecule has 128 valence electrons. The standard InChI is InChI=1S/C18H24N4O2/c1-4-5-10-22(2)17-11-16(20-13-21-17)18(23)19-12-14-6-8-15(24-3)9-7-14/h6-9,11,13H,4-5,10,12H2,1-3H3,(H,19,23). The molecule has 0 saturated carbocycles. The van der Waals surface area contributed by atoms with Crippen molar-refractivity contribution in [3.63, 3.8) is 0 Å². The van der Waals surface area contributed by atoms with E-state index >= 15 is 0 Å². The van der Waals surface area contributed by atoms with Crippen LogP contribution in [0.3, 0.4) is 0 Å². The van der Waals surface area contributed by atoms with E-state index in [0.717, 1.165) is 36.5 Å². The molecule has 1 amide bonds. The Bertz CT molecular complexity index is 658. The minimum Gasteiger partial charge on any atom is -0.497 e. The van der Waals surface area contributed by atoms with Crippen molar-refractivity contribution in [3.05, 3.63) is 47.9 Å². The van der Waals surface area contributed by atoms with Crippen molar-refractivity contribution in [2.24, 2.45) is 0 Å². The van der Waals surface area contributed by atoms with E-state index < -0.39 is 0 Å². The van der Waals surface area contributed by atoms with E-state index in [9.17, 15) is 4.79 Å². The van der Waals surface area contributed by atoms with Gasteiger partial charge < -0.3 is 15.0 Å². The van der Waals surface area contributed by atoms with Crippen molar-refractivity contribution >= 4 is 11.7 Å². The van der Waals surface area contributed by atoms with Gasteiger partial charge in [0.2, 0.25) is 0 Å². The molecule has 0 aliphatic rings. The van der Waals surface area contributed by atoms with Crippen molar-refractivity contribution < 1.29 is 9.53 Å². The second-order valence-electron chi connectivity index (χ2n) is 5.57. The highest BCUT2D eigenvalue weighted by atomic mass is 16.5. The van der Waals surface area contributed by atoms with E-state index in [1.807, 2.05) is 36.2 Å². The lowest BCUT2D eigenvalue weighted by molar-refractivity contribution is 0.0946. The number of carbonyl (C=O) groups is 1. The van der Waals surface area contributed by atoms with Gasteiger partial charge >= 0.3 is 0 Å². The molecule has 0 atom stereocenters. The van der Waals surface area contributed by atoms with E-state index in [1.54, 1.807) is 13.2 Å². The summed E-state index contributed by atoms with van der Waals surface area (Å²) in [7, 11) is 3.60. The summed E-state index contributed by atoms with van der Waals surface area (Å²) in [6.45, 7) is 3.49. The van der Waals surface area contributed by atoms with Gasteiger partial charge in [0.25, 0.3) is 5.91 Å². The molecule has 6 nitrogen and oxygen atoms in total. The molecule has 1 heterocycles. The molecule has 0 saturated heterocycles. The Labute approximate surface area is 142 Å². The summed E-state index contributed by atoms with van der Waals surface area (Å²) in [5.41, 5.74) is 1.37. The third-order valence-corrected chi connectivity index (χ3v) is 3.74. The van der Waals surface area contributed by atoms with E-state index in [1.165, 1.54) is 6.33 Å². The zero-order valence-corrected chi connectivity index (χ0v) is 14.5. The molecule has 2 aromatic rings. The van der Waals surface area contributed by atoms with Crippen LogP contribution in [0, 0.1) is 0 Å². The quantitative estimate of drug-likeness (QED) is 0.807. The van der Waals surface area contributed by atoms with Crippen molar-refractivity contribution in [1.82, 2.24) is 15.3 Å². The van der Waals surface area contributed by atoms with Crippen LogP contribution in [0.1, 0.15) is 35.8 Å². The van der Waals surface area contributed by atoms with Gasteiger partial charge in [0.05, 0.1) is 7.11 Å². The lowest BCUT2D eigenvalue weighted by Gasteiger charge is -2.17. The lowest BCUT2D eigenvalue weighted by atomic mass is 10.2. The molecule has 6 heteroatoms. The van der Waals surface area contributed by atoms with Crippen LogP contribution in [-0.4, -0.2) is 36.6 Å². The molecule has 0 spiro atoms. The third kappa shape index (κ3) is 4.94. The van der Waals surface area contributed by atoms with Crippen molar-refractivity contribution in [2.75, 3.05) is 25.6 Å². The summed E-state index contributed by atoms with van der Waals surface area (Å²) < 4.78 is 5.12. The van der Waals surface area contributed by atoms with Crippen LogP contribution in [0.2, 0.25) is 0 Å². The number of unbranched alkanes of at least 4 members (excludes halogenated alkanes) is 1. The third-order valence-electron chi connectivity index (χ3n) is 3.74. The van der Waals surface area contributed by atoms with E-state index in [-0.39, 0.29) is 5.91 Å². The highest BCUT2D eigenvalue weighted by molar-refractivity contribution is 5.92. The molecular formula is C18H24N4O2. The van der Waals surface area contributed by atoms with Gasteiger partial charge in [-0.3, -0.25) is 4.79 Å². The maximum Gasteiger partial charge on any atom is 0.270 e. The number of ether oxygens (including phenoxy) is 1. The van der Waals surface area contributed by atoms with Crippen molar-refractivity contribution in [3.8, 4) is 5.75 Å². The van der Waals surface area contributed by atoms with Gasteiger partial charge in [-0.1, -0.05) is 25.5 Å². The largest absolute Gasteiger partial charge is 0.497 e. The fourth-order valence-electron chi connectivity index (χ4n) is 2.21. The van der Waals surface area contributed by atoms with Crippen molar-refractivity contribution in [2.45, 2.75) is 26.3 Å². The first-order valence-electron chi connectivity index (χ1n) is 8.08. The number of hydrogen-bond donors (Lipinski definition) is 1.